The normalized spacial score (nSPS) is 12.6. The van der Waals surface area contributed by atoms with E-state index in [0.29, 0.717) is 40.9 Å². The van der Waals surface area contributed by atoms with Crippen LogP contribution in [0.2, 0.25) is 10.0 Å². The minimum atomic E-state index is -0.904. The second-order valence-corrected chi connectivity index (χ2v) is 10.8. The third kappa shape index (κ3) is 9.99. The molecule has 0 bridgehead atoms. The van der Waals surface area contributed by atoms with Crippen LogP contribution in [-0.4, -0.2) is 37.3 Å². The fourth-order valence-electron chi connectivity index (χ4n) is 3.90. The molecule has 0 saturated heterocycles. The van der Waals surface area contributed by atoms with Crippen LogP contribution in [0.15, 0.2) is 65.8 Å². The third-order valence-corrected chi connectivity index (χ3v) is 6.49. The molecule has 2 amide bonds. The molecule has 2 atom stereocenters. The molecular formula is C31H35Cl2N3O5. The molecular weight excluding hydrogens is 565 g/mol. The Kier molecular flexibility index (Phi) is 11.9. The Bertz CT molecular complexity index is 1380. The fourth-order valence-corrected chi connectivity index (χ4v) is 4.35. The number of carbonyl (C=O) groups excluding carboxylic acids is 2. The number of nitrogens with zero attached hydrogens (tertiary/aromatic N) is 1. The number of hydrazone groups is 1. The van der Waals surface area contributed by atoms with Gasteiger partial charge >= 0.3 is 0 Å². The summed E-state index contributed by atoms with van der Waals surface area (Å²) in [5.41, 5.74) is 5.42. The summed E-state index contributed by atoms with van der Waals surface area (Å²) in [7, 11) is 1.56. The van der Waals surface area contributed by atoms with E-state index in [1.165, 1.54) is 12.3 Å². The summed E-state index contributed by atoms with van der Waals surface area (Å²) in [5, 5.41) is 7.57. The molecule has 3 rings (SSSR count). The number of ether oxygens (including phenoxy) is 3. The summed E-state index contributed by atoms with van der Waals surface area (Å²) in [6.45, 7) is 7.92. The minimum Gasteiger partial charge on any atom is -0.493 e. The largest absolute Gasteiger partial charge is 0.493 e. The van der Waals surface area contributed by atoms with Crippen LogP contribution < -0.4 is 25.0 Å². The number of rotatable bonds is 13. The van der Waals surface area contributed by atoms with Crippen molar-refractivity contribution in [2.45, 2.75) is 52.9 Å². The van der Waals surface area contributed by atoms with Crippen molar-refractivity contribution >= 4 is 41.2 Å². The number of hydrogen-bond acceptors (Lipinski definition) is 6. The molecule has 10 heteroatoms. The van der Waals surface area contributed by atoms with E-state index in [0.717, 1.165) is 11.1 Å². The molecule has 41 heavy (non-hydrogen) atoms. The predicted molar refractivity (Wildman–Crippen MR) is 162 cm³/mol. The Balaban J connectivity index is 1.60. The van der Waals surface area contributed by atoms with E-state index in [4.69, 9.17) is 37.4 Å². The number of halogens is 2. The predicted octanol–water partition coefficient (Wildman–Crippen LogP) is 6.34. The lowest BCUT2D eigenvalue weighted by Crippen LogP contribution is -2.49. The van der Waals surface area contributed by atoms with Crippen LogP contribution in [0.5, 0.6) is 17.2 Å². The minimum absolute atomic E-state index is 0.133. The molecule has 0 unspecified atom stereocenters. The Morgan fingerprint density at radius 2 is 1.71 bits per heavy atom. The van der Waals surface area contributed by atoms with Crippen molar-refractivity contribution in [2.24, 2.45) is 11.0 Å². The Morgan fingerprint density at radius 3 is 2.39 bits per heavy atom. The molecule has 2 N–H and O–H groups in total. The maximum Gasteiger partial charge on any atom is 0.262 e. The Labute approximate surface area is 251 Å². The number of carbonyl (C=O) groups is 2. The van der Waals surface area contributed by atoms with Crippen molar-refractivity contribution in [1.82, 2.24) is 10.7 Å². The number of amides is 2. The second-order valence-electron chi connectivity index (χ2n) is 9.95. The molecule has 218 valence electrons. The summed E-state index contributed by atoms with van der Waals surface area (Å²) in [6, 6.07) is 17.3. The van der Waals surface area contributed by atoms with Gasteiger partial charge in [0.05, 0.1) is 18.3 Å². The lowest BCUT2D eigenvalue weighted by atomic mass is 10.0. The quantitative estimate of drug-likeness (QED) is 0.176. The molecule has 0 aromatic heterocycles. The van der Waals surface area contributed by atoms with Crippen molar-refractivity contribution in [2.75, 3.05) is 7.11 Å². The highest BCUT2D eigenvalue weighted by Gasteiger charge is 2.25. The Morgan fingerprint density at radius 1 is 0.951 bits per heavy atom. The van der Waals surface area contributed by atoms with E-state index < -0.39 is 24.0 Å². The zero-order valence-corrected chi connectivity index (χ0v) is 25.3. The highest BCUT2D eigenvalue weighted by molar-refractivity contribution is 6.35. The molecule has 0 fully saturated rings. The van der Waals surface area contributed by atoms with E-state index in [2.05, 4.69) is 21.9 Å². The van der Waals surface area contributed by atoms with Gasteiger partial charge in [0.25, 0.3) is 11.8 Å². The van der Waals surface area contributed by atoms with Crippen LogP contribution in [0.25, 0.3) is 0 Å². The van der Waals surface area contributed by atoms with E-state index in [-0.39, 0.29) is 10.9 Å². The summed E-state index contributed by atoms with van der Waals surface area (Å²) in [5.74, 6) is 0.652. The molecule has 0 saturated carbocycles. The first kappa shape index (κ1) is 31.8. The molecule has 0 heterocycles. The Hall–Kier alpha value is -3.75. The summed E-state index contributed by atoms with van der Waals surface area (Å²) in [6.07, 6.45) is 0.994. The number of methoxy groups -OCH3 is 1. The maximum absolute atomic E-state index is 12.9. The van der Waals surface area contributed by atoms with Gasteiger partial charge in [0.15, 0.2) is 17.6 Å². The van der Waals surface area contributed by atoms with Crippen LogP contribution in [0, 0.1) is 12.8 Å². The monoisotopic (exact) mass is 599 g/mol. The molecule has 8 nitrogen and oxygen atoms in total. The number of hydrogen-bond donors (Lipinski definition) is 2. The maximum atomic E-state index is 12.9. The molecule has 0 spiro atoms. The van der Waals surface area contributed by atoms with Crippen LogP contribution in [-0.2, 0) is 16.2 Å². The molecule has 0 aliphatic rings. The van der Waals surface area contributed by atoms with Gasteiger partial charge < -0.3 is 19.5 Å². The molecule has 0 radical (unpaired) electrons. The first-order chi connectivity index (χ1) is 19.5. The van der Waals surface area contributed by atoms with Gasteiger partial charge in [-0.2, -0.15) is 5.10 Å². The molecule has 3 aromatic carbocycles. The van der Waals surface area contributed by atoms with Crippen molar-refractivity contribution in [3.8, 4) is 17.2 Å². The van der Waals surface area contributed by atoms with Gasteiger partial charge in [0.1, 0.15) is 18.4 Å². The number of nitrogens with one attached hydrogen (secondary N) is 2. The summed E-state index contributed by atoms with van der Waals surface area (Å²) >= 11 is 12.1. The molecule has 0 aliphatic carbocycles. The van der Waals surface area contributed by atoms with Gasteiger partial charge in [-0.15, -0.1) is 0 Å². The number of benzene rings is 3. The average molecular weight is 601 g/mol. The summed E-state index contributed by atoms with van der Waals surface area (Å²) in [4.78, 5) is 25.8. The molecule has 0 aliphatic heterocycles. The van der Waals surface area contributed by atoms with E-state index in [9.17, 15) is 9.59 Å². The van der Waals surface area contributed by atoms with Crippen molar-refractivity contribution in [3.05, 3.63) is 87.4 Å². The van der Waals surface area contributed by atoms with Gasteiger partial charge in [-0.05, 0) is 73.7 Å². The third-order valence-electron chi connectivity index (χ3n) is 5.96. The fraction of sp³-hybridized carbons (Fsp3) is 0.323. The van der Waals surface area contributed by atoms with Crippen molar-refractivity contribution in [3.63, 3.8) is 0 Å². The lowest BCUT2D eigenvalue weighted by molar-refractivity contribution is -0.132. The highest BCUT2D eigenvalue weighted by Crippen LogP contribution is 2.29. The van der Waals surface area contributed by atoms with E-state index in [1.54, 1.807) is 44.4 Å². The zero-order valence-electron chi connectivity index (χ0n) is 23.7. The standard InChI is InChI=1S/C31H35Cl2N3O5/c1-19(2)13-26(35-30(37)21(4)41-27-12-10-24(32)16-25(27)33)31(38)36-34-17-22-9-11-28(29(15-22)39-5)40-18-23-8-6-7-20(3)14-23/h6-12,14-17,19,21,26H,13,18H2,1-5H3,(H,35,37)(H,36,38)/b34-17-/t21-,26+/m0/s1. The highest BCUT2D eigenvalue weighted by atomic mass is 35.5. The van der Waals surface area contributed by atoms with Crippen molar-refractivity contribution < 1.29 is 23.8 Å². The number of aryl methyl sites for hydroxylation is 1. The average Bonchev–Trinajstić information content (AvgIpc) is 2.93. The van der Waals surface area contributed by atoms with Crippen LogP contribution in [0.3, 0.4) is 0 Å². The van der Waals surface area contributed by atoms with Crippen LogP contribution in [0.4, 0.5) is 0 Å². The van der Waals surface area contributed by atoms with E-state index >= 15 is 0 Å². The smallest absolute Gasteiger partial charge is 0.262 e. The van der Waals surface area contributed by atoms with Crippen LogP contribution >= 0.6 is 23.2 Å². The summed E-state index contributed by atoms with van der Waals surface area (Å²) < 4.78 is 17.1. The van der Waals surface area contributed by atoms with Gasteiger partial charge in [0, 0.05) is 5.02 Å². The first-order valence-electron chi connectivity index (χ1n) is 13.2. The van der Waals surface area contributed by atoms with Gasteiger partial charge in [-0.25, -0.2) is 5.43 Å². The topological polar surface area (TPSA) is 98.2 Å². The first-order valence-corrected chi connectivity index (χ1v) is 13.9. The second kappa shape index (κ2) is 15.3. The van der Waals surface area contributed by atoms with E-state index in [1.807, 2.05) is 39.0 Å². The lowest BCUT2D eigenvalue weighted by Gasteiger charge is -2.22. The van der Waals surface area contributed by atoms with Gasteiger partial charge in [-0.3, -0.25) is 9.59 Å². The van der Waals surface area contributed by atoms with Gasteiger partial charge in [0.2, 0.25) is 0 Å². The van der Waals surface area contributed by atoms with Gasteiger partial charge in [-0.1, -0.05) is 66.9 Å². The molecule has 3 aromatic rings. The van der Waals surface area contributed by atoms with Crippen molar-refractivity contribution in [1.29, 1.82) is 0 Å². The van der Waals surface area contributed by atoms with Crippen LogP contribution in [0.1, 0.15) is 43.9 Å². The zero-order chi connectivity index (χ0) is 29.9. The SMILES string of the molecule is COc1cc(/C=N\NC(=O)[C@@H](CC(C)C)NC(=O)[C@H](C)Oc2ccc(Cl)cc2Cl)ccc1OCc1cccc(C)c1.